The van der Waals surface area contributed by atoms with E-state index in [4.69, 9.17) is 4.42 Å². The van der Waals surface area contributed by atoms with Crippen LogP contribution in [0.4, 0.5) is 13.2 Å². The maximum atomic E-state index is 13.1. The average molecular weight is 540 g/mol. The maximum Gasteiger partial charge on any atom is 0.435 e. The molecule has 0 spiro atoms. The molecule has 0 aromatic carbocycles. The van der Waals surface area contributed by atoms with Crippen molar-refractivity contribution in [2.24, 2.45) is 12.0 Å². The lowest BCUT2D eigenvalue weighted by Gasteiger charge is -2.26. The summed E-state index contributed by atoms with van der Waals surface area (Å²) in [6.07, 6.45) is 0.793. The number of guanidine groups is 1. The van der Waals surface area contributed by atoms with Crippen LogP contribution in [0.3, 0.4) is 0 Å². The number of nitrogens with zero attached hydrogens (tertiary/aromatic N) is 4. The van der Waals surface area contributed by atoms with Crippen molar-refractivity contribution in [2.75, 3.05) is 26.2 Å². The Labute approximate surface area is 191 Å². The van der Waals surface area contributed by atoms with Gasteiger partial charge in [0.05, 0.1) is 18.8 Å². The number of nitrogens with one attached hydrogen (secondary N) is 2. The fourth-order valence-corrected chi connectivity index (χ4v) is 3.54. The summed E-state index contributed by atoms with van der Waals surface area (Å²) >= 11 is 0. The van der Waals surface area contributed by atoms with Crippen molar-refractivity contribution in [1.29, 1.82) is 0 Å². The number of rotatable bonds is 7. The summed E-state index contributed by atoms with van der Waals surface area (Å²) in [7, 11) is 1.47. The minimum atomic E-state index is -4.50. The lowest BCUT2D eigenvalue weighted by Crippen LogP contribution is -2.42. The largest absolute Gasteiger partial charge is 0.468 e. The Hall–Kier alpha value is -1.76. The molecule has 0 radical (unpaired) electrons. The van der Waals surface area contributed by atoms with E-state index < -0.39 is 11.9 Å². The van der Waals surface area contributed by atoms with Crippen molar-refractivity contribution in [1.82, 2.24) is 25.3 Å². The minimum absolute atomic E-state index is 0. The molecular weight excluding hydrogens is 512 g/mol. The highest BCUT2D eigenvalue weighted by Gasteiger charge is 2.36. The van der Waals surface area contributed by atoms with E-state index in [9.17, 15) is 13.2 Å². The molecule has 2 aromatic rings. The predicted molar refractivity (Wildman–Crippen MR) is 119 cm³/mol. The van der Waals surface area contributed by atoms with Crippen LogP contribution in [0.1, 0.15) is 42.8 Å². The number of aryl methyl sites for hydroxylation is 1. The van der Waals surface area contributed by atoms with E-state index in [1.807, 2.05) is 19.1 Å². The second-order valence-electron chi connectivity index (χ2n) is 7.02. The van der Waals surface area contributed by atoms with Gasteiger partial charge < -0.3 is 15.1 Å². The first-order valence-corrected chi connectivity index (χ1v) is 9.77. The van der Waals surface area contributed by atoms with Crippen LogP contribution in [-0.4, -0.2) is 46.8 Å². The summed E-state index contributed by atoms with van der Waals surface area (Å²) in [6.45, 7) is 4.91. The molecule has 1 aliphatic heterocycles. The molecule has 7 nitrogen and oxygen atoms in total. The lowest BCUT2D eigenvalue weighted by molar-refractivity contribution is -0.142. The first-order chi connectivity index (χ1) is 13.9. The van der Waals surface area contributed by atoms with Crippen LogP contribution < -0.4 is 10.6 Å². The molecule has 3 heterocycles. The number of aromatic nitrogens is 2. The number of halogens is 4. The maximum absolute atomic E-state index is 13.1. The first kappa shape index (κ1) is 24.5. The van der Waals surface area contributed by atoms with Gasteiger partial charge in [-0.05, 0) is 45.0 Å². The monoisotopic (exact) mass is 540 g/mol. The van der Waals surface area contributed by atoms with Crippen molar-refractivity contribution < 1.29 is 17.6 Å². The van der Waals surface area contributed by atoms with Crippen LogP contribution in [0.2, 0.25) is 0 Å². The van der Waals surface area contributed by atoms with Crippen LogP contribution in [0, 0.1) is 0 Å². The number of likely N-dealkylation sites (tertiary alicyclic amines) is 1. The third-order valence-electron chi connectivity index (χ3n) is 4.84. The fourth-order valence-electron chi connectivity index (χ4n) is 3.54. The van der Waals surface area contributed by atoms with Crippen LogP contribution >= 0.6 is 24.0 Å². The Bertz CT molecular complexity index is 800. The molecule has 0 bridgehead atoms. The van der Waals surface area contributed by atoms with E-state index in [0.29, 0.717) is 19.0 Å². The number of aliphatic imine (C=N–C) groups is 1. The Kier molecular flexibility index (Phi) is 9.01. The van der Waals surface area contributed by atoms with Gasteiger partial charge in [-0.15, -0.1) is 24.0 Å². The number of alkyl halides is 3. The summed E-state index contributed by atoms with van der Waals surface area (Å²) in [5.41, 5.74) is -0.857. The zero-order valence-electron chi connectivity index (χ0n) is 17.1. The van der Waals surface area contributed by atoms with Gasteiger partial charge in [0.25, 0.3) is 0 Å². The number of hydrogen-bond donors (Lipinski definition) is 2. The molecule has 1 saturated heterocycles. The quantitative estimate of drug-likeness (QED) is 0.320. The normalized spacial score (nSPS) is 16.4. The van der Waals surface area contributed by atoms with E-state index in [1.165, 1.54) is 13.2 Å². The summed E-state index contributed by atoms with van der Waals surface area (Å²) < 4.78 is 46.2. The Balaban J connectivity index is 0.00000320. The van der Waals surface area contributed by atoms with Crippen LogP contribution in [0.5, 0.6) is 0 Å². The van der Waals surface area contributed by atoms with Gasteiger partial charge in [-0.25, -0.2) is 4.99 Å². The molecule has 0 amide bonds. The third kappa shape index (κ3) is 6.37. The van der Waals surface area contributed by atoms with Crippen LogP contribution in [0.25, 0.3) is 0 Å². The molecule has 11 heteroatoms. The molecule has 2 N–H and O–H groups in total. The average Bonchev–Trinajstić information content (AvgIpc) is 3.41. The first-order valence-electron chi connectivity index (χ1n) is 9.77. The van der Waals surface area contributed by atoms with Crippen molar-refractivity contribution in [3.8, 4) is 0 Å². The molecule has 2 aromatic heterocycles. The van der Waals surface area contributed by atoms with Gasteiger partial charge in [0, 0.05) is 31.9 Å². The van der Waals surface area contributed by atoms with E-state index in [2.05, 4.69) is 25.6 Å². The summed E-state index contributed by atoms with van der Waals surface area (Å²) in [5, 5.41) is 9.87. The molecule has 1 aliphatic rings. The highest BCUT2D eigenvalue weighted by molar-refractivity contribution is 14.0. The van der Waals surface area contributed by atoms with Gasteiger partial charge in [-0.2, -0.15) is 18.3 Å². The smallest absolute Gasteiger partial charge is 0.435 e. The van der Waals surface area contributed by atoms with E-state index in [1.54, 1.807) is 6.26 Å². The molecule has 30 heavy (non-hydrogen) atoms. The standard InChI is InChI=1S/C19H27F3N6O.HI/c1-3-23-18(24-11-14-13-27(2)26-17(14)19(20,21)22)25-12-15(16-7-6-10-29-16)28-8-4-5-9-28;/h6-7,10,13,15H,3-5,8-9,11-12H2,1-2H3,(H2,23,24,25);1H. The van der Waals surface area contributed by atoms with Crippen molar-refractivity contribution >= 4 is 29.9 Å². The molecule has 0 aliphatic carbocycles. The third-order valence-corrected chi connectivity index (χ3v) is 4.84. The van der Waals surface area contributed by atoms with Crippen LogP contribution in [0.15, 0.2) is 34.0 Å². The topological polar surface area (TPSA) is 70.6 Å². The molecule has 1 unspecified atom stereocenters. The van der Waals surface area contributed by atoms with Gasteiger partial charge in [0.2, 0.25) is 0 Å². The van der Waals surface area contributed by atoms with Crippen molar-refractivity contribution in [2.45, 2.75) is 38.5 Å². The summed E-state index contributed by atoms with van der Waals surface area (Å²) in [6, 6.07) is 3.85. The summed E-state index contributed by atoms with van der Waals surface area (Å²) in [5.74, 6) is 1.32. The zero-order chi connectivity index (χ0) is 20.9. The predicted octanol–water partition coefficient (Wildman–Crippen LogP) is 3.54. The van der Waals surface area contributed by atoms with Crippen molar-refractivity contribution in [3.63, 3.8) is 0 Å². The Morgan fingerprint density at radius 3 is 2.63 bits per heavy atom. The van der Waals surface area contributed by atoms with Gasteiger partial charge >= 0.3 is 6.18 Å². The van der Waals surface area contributed by atoms with E-state index >= 15 is 0 Å². The zero-order valence-corrected chi connectivity index (χ0v) is 19.4. The molecule has 168 valence electrons. The molecule has 3 rings (SSSR count). The van der Waals surface area contributed by atoms with Gasteiger partial charge in [-0.3, -0.25) is 9.58 Å². The fraction of sp³-hybridized carbons (Fsp3) is 0.579. The van der Waals surface area contributed by atoms with Gasteiger partial charge in [0.1, 0.15) is 5.76 Å². The van der Waals surface area contributed by atoms with Gasteiger partial charge in [-0.1, -0.05) is 0 Å². The SMILES string of the molecule is CCNC(=NCc1cn(C)nc1C(F)(F)F)NCC(c1ccco1)N1CCCC1.I. The minimum Gasteiger partial charge on any atom is -0.468 e. The van der Waals surface area contributed by atoms with Crippen LogP contribution in [-0.2, 0) is 19.8 Å². The molecular formula is C19H28F3IN6O. The molecule has 1 fully saturated rings. The highest BCUT2D eigenvalue weighted by Crippen LogP contribution is 2.31. The lowest BCUT2D eigenvalue weighted by atomic mass is 10.2. The molecule has 1 atom stereocenters. The summed E-state index contributed by atoms with van der Waals surface area (Å²) in [4.78, 5) is 6.69. The van der Waals surface area contributed by atoms with Gasteiger partial charge in [0.15, 0.2) is 11.7 Å². The highest BCUT2D eigenvalue weighted by atomic mass is 127. The second-order valence-corrected chi connectivity index (χ2v) is 7.02. The number of hydrogen-bond acceptors (Lipinski definition) is 4. The van der Waals surface area contributed by atoms with Crippen molar-refractivity contribution in [3.05, 3.63) is 41.6 Å². The number of furan rings is 1. The van der Waals surface area contributed by atoms with E-state index in [0.717, 1.165) is 36.4 Å². The van der Waals surface area contributed by atoms with E-state index in [-0.39, 0.29) is 42.1 Å². The Morgan fingerprint density at radius 1 is 1.30 bits per heavy atom. The Morgan fingerprint density at radius 2 is 2.03 bits per heavy atom. The molecule has 0 saturated carbocycles. The second kappa shape index (κ2) is 11.0.